The fourth-order valence-electron chi connectivity index (χ4n) is 1.81. The van der Waals surface area contributed by atoms with Crippen LogP contribution in [-0.4, -0.2) is 7.11 Å². The van der Waals surface area contributed by atoms with Gasteiger partial charge in [-0.2, -0.15) is 0 Å². The van der Waals surface area contributed by atoms with Crippen molar-refractivity contribution < 1.29 is 26.7 Å². The smallest absolute Gasteiger partial charge is 0.194 e. The Hall–Kier alpha value is -1.82. The Morgan fingerprint density at radius 3 is 2.00 bits per heavy atom. The molecule has 0 aliphatic heterocycles. The summed E-state index contributed by atoms with van der Waals surface area (Å²) in [5.41, 5.74) is -1.25. The average molecular weight is 323 g/mol. The largest absolute Gasteiger partial charge is 0.497 e. The average Bonchev–Trinajstić information content (AvgIpc) is 2.43. The van der Waals surface area contributed by atoms with Gasteiger partial charge in [-0.15, -0.1) is 11.6 Å². The summed E-state index contributed by atoms with van der Waals surface area (Å²) in [4.78, 5) is 0. The summed E-state index contributed by atoms with van der Waals surface area (Å²) >= 11 is 5.82. The number of hydrogen-bond donors (Lipinski definition) is 0. The standard InChI is InChI=1S/C14H8ClF5O/c1-21-6-4-9(17)11(10(18)5-6)12(15)7-2-3-8(16)14(20)13(7)19/h2-5,12H,1H3. The minimum atomic E-state index is -1.76. The molecule has 112 valence electrons. The van der Waals surface area contributed by atoms with Crippen LogP contribution in [0, 0.1) is 29.1 Å². The van der Waals surface area contributed by atoms with E-state index in [4.69, 9.17) is 11.6 Å². The van der Waals surface area contributed by atoms with Gasteiger partial charge < -0.3 is 4.74 Å². The quantitative estimate of drug-likeness (QED) is 0.451. The number of hydrogen-bond acceptors (Lipinski definition) is 1. The third-order valence-electron chi connectivity index (χ3n) is 2.88. The first-order valence-electron chi connectivity index (χ1n) is 5.67. The second-order valence-corrected chi connectivity index (χ2v) is 4.57. The van der Waals surface area contributed by atoms with Crippen LogP contribution in [0.1, 0.15) is 16.5 Å². The number of benzene rings is 2. The Balaban J connectivity index is 2.55. The van der Waals surface area contributed by atoms with Gasteiger partial charge in [0.1, 0.15) is 17.4 Å². The van der Waals surface area contributed by atoms with Crippen LogP contribution in [0.25, 0.3) is 0 Å². The summed E-state index contributed by atoms with van der Waals surface area (Å²) in [6.45, 7) is 0. The molecule has 0 bridgehead atoms. The van der Waals surface area contributed by atoms with Crippen molar-refractivity contribution in [2.24, 2.45) is 0 Å². The van der Waals surface area contributed by atoms with E-state index in [0.29, 0.717) is 6.07 Å². The minimum absolute atomic E-state index is 0.0941. The highest BCUT2D eigenvalue weighted by atomic mass is 35.5. The van der Waals surface area contributed by atoms with E-state index in [1.54, 1.807) is 0 Å². The van der Waals surface area contributed by atoms with Gasteiger partial charge in [0.15, 0.2) is 17.5 Å². The van der Waals surface area contributed by atoms with Crippen LogP contribution in [0.2, 0.25) is 0 Å². The molecule has 0 aromatic heterocycles. The van der Waals surface area contributed by atoms with Gasteiger partial charge >= 0.3 is 0 Å². The Labute approximate surface area is 121 Å². The molecule has 2 aromatic rings. The highest BCUT2D eigenvalue weighted by Crippen LogP contribution is 2.36. The van der Waals surface area contributed by atoms with Crippen molar-refractivity contribution >= 4 is 11.6 Å². The highest BCUT2D eigenvalue weighted by Gasteiger charge is 2.26. The van der Waals surface area contributed by atoms with Gasteiger partial charge in [0.05, 0.1) is 12.5 Å². The Morgan fingerprint density at radius 1 is 0.905 bits per heavy atom. The van der Waals surface area contributed by atoms with Crippen molar-refractivity contribution in [3.8, 4) is 5.75 Å². The second kappa shape index (κ2) is 5.89. The number of rotatable bonds is 3. The molecule has 0 fully saturated rings. The summed E-state index contributed by atoms with van der Waals surface area (Å²) in [6.07, 6.45) is 0. The van der Waals surface area contributed by atoms with Crippen molar-refractivity contribution in [3.05, 3.63) is 64.5 Å². The van der Waals surface area contributed by atoms with Crippen molar-refractivity contribution in [1.82, 2.24) is 0 Å². The SMILES string of the molecule is COc1cc(F)c(C(Cl)c2ccc(F)c(F)c2F)c(F)c1. The summed E-state index contributed by atoms with van der Waals surface area (Å²) < 4.78 is 72.0. The van der Waals surface area contributed by atoms with Crippen molar-refractivity contribution in [2.75, 3.05) is 7.11 Å². The molecule has 1 unspecified atom stereocenters. The molecule has 2 aromatic carbocycles. The van der Waals surface area contributed by atoms with Gasteiger partial charge in [0, 0.05) is 23.3 Å². The van der Waals surface area contributed by atoms with Crippen molar-refractivity contribution in [3.63, 3.8) is 0 Å². The van der Waals surface area contributed by atoms with Crippen molar-refractivity contribution in [2.45, 2.75) is 5.38 Å². The monoisotopic (exact) mass is 322 g/mol. The zero-order valence-corrected chi connectivity index (χ0v) is 11.3. The summed E-state index contributed by atoms with van der Waals surface area (Å²) in [7, 11) is 1.21. The zero-order chi connectivity index (χ0) is 15.7. The lowest BCUT2D eigenvalue weighted by Gasteiger charge is -2.14. The predicted octanol–water partition coefficient (Wildman–Crippen LogP) is 4.72. The maximum Gasteiger partial charge on any atom is 0.194 e. The van der Waals surface area contributed by atoms with Crippen LogP contribution >= 0.6 is 11.6 Å². The third kappa shape index (κ3) is 2.81. The number of ether oxygens (including phenoxy) is 1. The number of halogens is 6. The number of methoxy groups -OCH3 is 1. The minimum Gasteiger partial charge on any atom is -0.497 e. The second-order valence-electron chi connectivity index (χ2n) is 4.13. The molecule has 0 aliphatic rings. The van der Waals surface area contributed by atoms with Crippen LogP contribution < -0.4 is 4.74 Å². The Kier molecular flexibility index (Phi) is 4.37. The molecule has 2 rings (SSSR count). The molecule has 0 spiro atoms. The Bertz CT molecular complexity index is 666. The maximum atomic E-state index is 13.9. The van der Waals surface area contributed by atoms with E-state index < -0.39 is 45.6 Å². The molecule has 1 nitrogen and oxygen atoms in total. The van der Waals surface area contributed by atoms with Gasteiger partial charge in [-0.05, 0) is 6.07 Å². The fourth-order valence-corrected chi connectivity index (χ4v) is 2.19. The molecule has 0 N–H and O–H groups in total. The first-order chi connectivity index (χ1) is 9.86. The third-order valence-corrected chi connectivity index (χ3v) is 3.33. The van der Waals surface area contributed by atoms with Gasteiger partial charge in [-0.1, -0.05) is 6.07 Å². The molecule has 0 aliphatic carbocycles. The van der Waals surface area contributed by atoms with Gasteiger partial charge in [0.25, 0.3) is 0 Å². The van der Waals surface area contributed by atoms with Crippen molar-refractivity contribution in [1.29, 1.82) is 0 Å². The van der Waals surface area contributed by atoms with Crippen LogP contribution in [0.15, 0.2) is 24.3 Å². The normalized spacial score (nSPS) is 12.3. The molecular formula is C14H8ClF5O. The van der Waals surface area contributed by atoms with Crippen LogP contribution in [-0.2, 0) is 0 Å². The highest BCUT2D eigenvalue weighted by molar-refractivity contribution is 6.22. The van der Waals surface area contributed by atoms with Gasteiger partial charge in [-0.3, -0.25) is 0 Å². The first kappa shape index (κ1) is 15.6. The summed E-state index contributed by atoms with van der Waals surface area (Å²) in [5, 5.41) is -1.66. The lowest BCUT2D eigenvalue weighted by molar-refractivity contribution is 0.405. The van der Waals surface area contributed by atoms with Crippen LogP contribution in [0.3, 0.4) is 0 Å². The van der Waals surface area contributed by atoms with E-state index in [-0.39, 0.29) is 5.75 Å². The Morgan fingerprint density at radius 2 is 1.48 bits per heavy atom. The molecule has 0 heterocycles. The predicted molar refractivity (Wildman–Crippen MR) is 66.9 cm³/mol. The maximum absolute atomic E-state index is 13.9. The molecule has 7 heteroatoms. The fraction of sp³-hybridized carbons (Fsp3) is 0.143. The summed E-state index contributed by atoms with van der Waals surface area (Å²) in [5.74, 6) is -7.04. The van der Waals surface area contributed by atoms with E-state index >= 15 is 0 Å². The van der Waals surface area contributed by atoms with Crippen LogP contribution in [0.4, 0.5) is 22.0 Å². The molecule has 0 saturated carbocycles. The molecule has 0 amide bonds. The van der Waals surface area contributed by atoms with E-state index in [1.165, 1.54) is 7.11 Å². The number of alkyl halides is 1. The molecule has 1 atom stereocenters. The lowest BCUT2D eigenvalue weighted by atomic mass is 10.0. The topological polar surface area (TPSA) is 9.23 Å². The van der Waals surface area contributed by atoms with E-state index in [9.17, 15) is 22.0 Å². The molecular weight excluding hydrogens is 315 g/mol. The summed E-state index contributed by atoms with van der Waals surface area (Å²) in [6, 6.07) is 3.16. The van der Waals surface area contributed by atoms with Gasteiger partial charge in [-0.25, -0.2) is 22.0 Å². The van der Waals surface area contributed by atoms with Gasteiger partial charge in [0.2, 0.25) is 0 Å². The molecule has 0 radical (unpaired) electrons. The lowest BCUT2D eigenvalue weighted by Crippen LogP contribution is -2.06. The van der Waals surface area contributed by atoms with E-state index in [2.05, 4.69) is 4.74 Å². The van der Waals surface area contributed by atoms with E-state index in [1.807, 2.05) is 0 Å². The zero-order valence-electron chi connectivity index (χ0n) is 10.6. The van der Waals surface area contributed by atoms with E-state index in [0.717, 1.165) is 18.2 Å². The molecule has 21 heavy (non-hydrogen) atoms. The molecule has 0 saturated heterocycles. The first-order valence-corrected chi connectivity index (χ1v) is 6.10. The van der Waals surface area contributed by atoms with Crippen LogP contribution in [0.5, 0.6) is 5.75 Å².